The van der Waals surface area contributed by atoms with E-state index in [-0.39, 0.29) is 60.0 Å². The molecular formula is C14H18BaO7S+2. The molecule has 0 bridgehead atoms. The minimum Gasteiger partial charge on any atom is -0.459 e. The third kappa shape index (κ3) is 7.38. The number of hydrogen-bond acceptors (Lipinski definition) is 6. The summed E-state index contributed by atoms with van der Waals surface area (Å²) in [6.07, 6.45) is -0.846. The minimum absolute atomic E-state index is 0. The Balaban J connectivity index is 0.00000484. The van der Waals surface area contributed by atoms with Gasteiger partial charge in [0.15, 0.2) is 0 Å². The van der Waals surface area contributed by atoms with Gasteiger partial charge in [-0.15, -0.1) is 0 Å². The second-order valence-corrected chi connectivity index (χ2v) is 6.55. The molecule has 0 saturated carbocycles. The molecule has 1 aromatic rings. The summed E-state index contributed by atoms with van der Waals surface area (Å²) >= 11 is 0. The average molecular weight is 468 g/mol. The first-order valence-electron chi connectivity index (χ1n) is 6.55. The molecule has 0 aliphatic carbocycles. The fraction of sp³-hybridized carbons (Fsp3) is 0.429. The maximum Gasteiger partial charge on any atom is 2.00 e. The van der Waals surface area contributed by atoms with E-state index in [1.807, 2.05) is 0 Å². The summed E-state index contributed by atoms with van der Waals surface area (Å²) in [5, 5.41) is 0. The zero-order valence-corrected chi connectivity index (χ0v) is 18.7. The van der Waals surface area contributed by atoms with Crippen LogP contribution in [-0.4, -0.2) is 86.0 Å². The van der Waals surface area contributed by atoms with Crippen molar-refractivity contribution in [2.24, 2.45) is 0 Å². The van der Waals surface area contributed by atoms with Crippen molar-refractivity contribution in [3.63, 3.8) is 0 Å². The first kappa shape index (κ1) is 22.6. The van der Waals surface area contributed by atoms with Gasteiger partial charge in [0.25, 0.3) is 10.1 Å². The number of rotatable bonds is 5. The molecule has 0 amide bonds. The summed E-state index contributed by atoms with van der Waals surface area (Å²) in [4.78, 5) is 23.2. The van der Waals surface area contributed by atoms with Crippen LogP contribution in [0.5, 0.6) is 0 Å². The Kier molecular flexibility index (Phi) is 9.07. The van der Waals surface area contributed by atoms with Crippen LogP contribution in [0.3, 0.4) is 0 Å². The van der Waals surface area contributed by atoms with Crippen molar-refractivity contribution in [1.29, 1.82) is 0 Å². The quantitative estimate of drug-likeness (QED) is 0.399. The van der Waals surface area contributed by atoms with Gasteiger partial charge in [0.2, 0.25) is 0 Å². The summed E-state index contributed by atoms with van der Waals surface area (Å²) < 4.78 is 41.6. The van der Waals surface area contributed by atoms with E-state index < -0.39 is 39.2 Å². The van der Waals surface area contributed by atoms with Crippen LogP contribution >= 0.6 is 0 Å². The van der Waals surface area contributed by atoms with Crippen molar-refractivity contribution < 1.29 is 32.0 Å². The molecule has 9 heteroatoms. The molecule has 23 heavy (non-hydrogen) atoms. The van der Waals surface area contributed by atoms with E-state index in [4.69, 9.17) is 14.0 Å². The van der Waals surface area contributed by atoms with Crippen molar-refractivity contribution >= 4 is 70.9 Å². The standard InChI is InChI=1S/C14H18O7S.Ba/c1-8(2)20-13(15)10-5-11(14(16)21-9(3)4)7-12(6-10)22(17,18)19;/h5-9H,1-4H3,(H,17,18,19);/q;+2. The van der Waals surface area contributed by atoms with Crippen LogP contribution in [-0.2, 0) is 19.6 Å². The predicted octanol–water partition coefficient (Wildman–Crippen LogP) is 1.68. The average Bonchev–Trinajstić information content (AvgIpc) is 2.35. The molecule has 0 atom stereocenters. The van der Waals surface area contributed by atoms with Gasteiger partial charge in [0.05, 0.1) is 28.2 Å². The van der Waals surface area contributed by atoms with E-state index in [2.05, 4.69) is 0 Å². The van der Waals surface area contributed by atoms with E-state index in [1.165, 1.54) is 0 Å². The molecule has 0 heterocycles. The predicted molar refractivity (Wildman–Crippen MR) is 83.1 cm³/mol. The van der Waals surface area contributed by atoms with Gasteiger partial charge in [-0.3, -0.25) is 4.55 Å². The van der Waals surface area contributed by atoms with Gasteiger partial charge >= 0.3 is 60.8 Å². The number of hydrogen-bond donors (Lipinski definition) is 1. The maximum atomic E-state index is 11.9. The van der Waals surface area contributed by atoms with Crippen LogP contribution < -0.4 is 0 Å². The monoisotopic (exact) mass is 468 g/mol. The van der Waals surface area contributed by atoms with Crippen LogP contribution in [0.4, 0.5) is 0 Å². The molecule has 0 radical (unpaired) electrons. The van der Waals surface area contributed by atoms with Gasteiger partial charge < -0.3 is 9.47 Å². The van der Waals surface area contributed by atoms with E-state index in [0.717, 1.165) is 18.2 Å². The van der Waals surface area contributed by atoms with Crippen molar-refractivity contribution in [3.8, 4) is 0 Å². The topological polar surface area (TPSA) is 107 Å². The summed E-state index contributed by atoms with van der Waals surface area (Å²) in [6.45, 7) is 6.49. The van der Waals surface area contributed by atoms with Gasteiger partial charge in [0, 0.05) is 0 Å². The smallest absolute Gasteiger partial charge is 0.459 e. The third-order valence-electron chi connectivity index (χ3n) is 2.36. The second-order valence-electron chi connectivity index (χ2n) is 5.13. The summed E-state index contributed by atoms with van der Waals surface area (Å²) in [5.41, 5.74) is -0.334. The third-order valence-corrected chi connectivity index (χ3v) is 3.19. The molecule has 122 valence electrons. The Morgan fingerprint density at radius 2 is 1.26 bits per heavy atom. The molecule has 1 N–H and O–H groups in total. The first-order valence-corrected chi connectivity index (χ1v) is 7.99. The van der Waals surface area contributed by atoms with E-state index in [9.17, 15) is 18.0 Å². The molecule has 0 saturated heterocycles. The molecule has 0 spiro atoms. The molecular weight excluding hydrogens is 450 g/mol. The number of benzene rings is 1. The zero-order chi connectivity index (χ0) is 17.1. The number of carbonyl (C=O) groups excluding carboxylic acids is 2. The second kappa shape index (κ2) is 9.21. The summed E-state index contributed by atoms with van der Waals surface area (Å²) in [7, 11) is -4.59. The molecule has 0 unspecified atom stereocenters. The van der Waals surface area contributed by atoms with Crippen molar-refractivity contribution in [1.82, 2.24) is 0 Å². The van der Waals surface area contributed by atoms with Crippen LogP contribution in [0.2, 0.25) is 0 Å². The Bertz CT molecular complexity index is 640. The minimum atomic E-state index is -4.59. The molecule has 1 rings (SSSR count). The van der Waals surface area contributed by atoms with Crippen LogP contribution in [0, 0.1) is 0 Å². The van der Waals surface area contributed by atoms with Crippen LogP contribution in [0.15, 0.2) is 23.1 Å². The molecule has 0 aromatic heterocycles. The number of esters is 2. The Hall–Kier alpha value is -0.359. The van der Waals surface area contributed by atoms with E-state index in [1.54, 1.807) is 27.7 Å². The Morgan fingerprint density at radius 3 is 1.52 bits per heavy atom. The summed E-state index contributed by atoms with van der Waals surface area (Å²) in [5.74, 6) is -1.61. The zero-order valence-electron chi connectivity index (χ0n) is 13.4. The SMILES string of the molecule is CC(C)OC(=O)c1cc(C(=O)OC(C)C)cc(S(=O)(=O)O)c1.[Ba+2]. The Morgan fingerprint density at radius 1 is 0.913 bits per heavy atom. The maximum absolute atomic E-state index is 11.9. The molecule has 0 fully saturated rings. The summed E-state index contributed by atoms with van der Waals surface area (Å²) in [6, 6.07) is 3.03. The van der Waals surface area contributed by atoms with Crippen molar-refractivity contribution in [2.75, 3.05) is 0 Å². The Labute approximate surface area is 175 Å². The van der Waals surface area contributed by atoms with Crippen molar-refractivity contribution in [3.05, 3.63) is 29.3 Å². The molecule has 0 aliphatic rings. The van der Waals surface area contributed by atoms with Gasteiger partial charge in [0.1, 0.15) is 0 Å². The van der Waals surface area contributed by atoms with Gasteiger partial charge in [-0.25, -0.2) is 9.59 Å². The van der Waals surface area contributed by atoms with E-state index in [0.29, 0.717) is 0 Å². The molecule has 1 aromatic carbocycles. The van der Waals surface area contributed by atoms with E-state index >= 15 is 0 Å². The number of carbonyl (C=O) groups is 2. The number of ether oxygens (including phenoxy) is 2. The molecule has 7 nitrogen and oxygen atoms in total. The fourth-order valence-corrected chi connectivity index (χ4v) is 2.10. The molecule has 0 aliphatic heterocycles. The van der Waals surface area contributed by atoms with Crippen LogP contribution in [0.1, 0.15) is 48.4 Å². The fourth-order valence-electron chi connectivity index (χ4n) is 1.55. The van der Waals surface area contributed by atoms with Gasteiger partial charge in [-0.05, 0) is 45.9 Å². The first-order chi connectivity index (χ1) is 10.0. The normalized spacial score (nSPS) is 11.1. The largest absolute Gasteiger partial charge is 2.00 e. The van der Waals surface area contributed by atoms with Crippen molar-refractivity contribution in [2.45, 2.75) is 44.8 Å². The van der Waals surface area contributed by atoms with Gasteiger partial charge in [-0.2, -0.15) is 8.42 Å². The van der Waals surface area contributed by atoms with Crippen LogP contribution in [0.25, 0.3) is 0 Å². The van der Waals surface area contributed by atoms with Gasteiger partial charge in [-0.1, -0.05) is 0 Å².